The van der Waals surface area contributed by atoms with Crippen LogP contribution in [0.4, 0.5) is 0 Å². The largest absolute Gasteiger partial charge is 0.330 e. The molecular weight excluding hydrogens is 214 g/mol. The molecule has 2 N–H and O–H groups in total. The van der Waals surface area contributed by atoms with Crippen molar-refractivity contribution >= 4 is 0 Å². The number of nitrogens with two attached hydrogens (primary N) is 1. The number of hydrogen-bond acceptors (Lipinski definition) is 4. The van der Waals surface area contributed by atoms with Gasteiger partial charge in [0.2, 0.25) is 0 Å². The maximum atomic E-state index is 5.49. The third-order valence-electron chi connectivity index (χ3n) is 2.79. The summed E-state index contributed by atoms with van der Waals surface area (Å²) >= 11 is 0. The van der Waals surface area contributed by atoms with Crippen LogP contribution >= 0.6 is 0 Å². The molecule has 5 heteroatoms. The summed E-state index contributed by atoms with van der Waals surface area (Å²) in [5.74, 6) is 0.896. The zero-order valence-electron chi connectivity index (χ0n) is 10.0. The van der Waals surface area contributed by atoms with Crippen LogP contribution in [0, 0.1) is 6.92 Å². The van der Waals surface area contributed by atoms with Crippen LogP contribution < -0.4 is 5.73 Å². The standard InChI is InChI=1S/C12H17N5/c1-10-5-2-3-6-11(10)9-12-14-15-16-17(12)8-4-7-13/h2-3,5-6H,4,7-9,13H2,1H3. The Labute approximate surface area is 101 Å². The van der Waals surface area contributed by atoms with Gasteiger partial charge in [-0.15, -0.1) is 5.10 Å². The molecule has 90 valence electrons. The third kappa shape index (κ3) is 2.88. The average Bonchev–Trinajstić information content (AvgIpc) is 2.77. The fourth-order valence-electron chi connectivity index (χ4n) is 1.74. The number of tetrazole rings is 1. The van der Waals surface area contributed by atoms with E-state index in [1.165, 1.54) is 11.1 Å². The average molecular weight is 231 g/mol. The van der Waals surface area contributed by atoms with E-state index in [-0.39, 0.29) is 0 Å². The Balaban J connectivity index is 2.13. The fourth-order valence-corrected chi connectivity index (χ4v) is 1.74. The number of aryl methyl sites for hydroxylation is 2. The molecular formula is C12H17N5. The predicted molar refractivity (Wildman–Crippen MR) is 65.5 cm³/mol. The third-order valence-corrected chi connectivity index (χ3v) is 2.79. The lowest BCUT2D eigenvalue weighted by atomic mass is 10.1. The van der Waals surface area contributed by atoms with Crippen molar-refractivity contribution in [2.45, 2.75) is 26.3 Å². The molecule has 5 nitrogen and oxygen atoms in total. The van der Waals surface area contributed by atoms with Crippen molar-refractivity contribution in [1.82, 2.24) is 20.2 Å². The summed E-state index contributed by atoms with van der Waals surface area (Å²) < 4.78 is 1.83. The van der Waals surface area contributed by atoms with Crippen molar-refractivity contribution < 1.29 is 0 Å². The Kier molecular flexibility index (Phi) is 3.82. The molecule has 0 atom stereocenters. The molecule has 2 aromatic rings. The van der Waals surface area contributed by atoms with E-state index in [9.17, 15) is 0 Å². The van der Waals surface area contributed by atoms with Gasteiger partial charge in [0, 0.05) is 13.0 Å². The number of rotatable bonds is 5. The number of benzene rings is 1. The summed E-state index contributed by atoms with van der Waals surface area (Å²) in [6.07, 6.45) is 1.66. The molecule has 0 amide bonds. The molecule has 1 heterocycles. The Morgan fingerprint density at radius 1 is 1.29 bits per heavy atom. The normalized spacial score (nSPS) is 10.7. The highest BCUT2D eigenvalue weighted by atomic mass is 15.5. The van der Waals surface area contributed by atoms with Gasteiger partial charge in [0.15, 0.2) is 5.82 Å². The first-order chi connectivity index (χ1) is 8.31. The molecule has 0 aliphatic rings. The lowest BCUT2D eigenvalue weighted by molar-refractivity contribution is 0.546. The van der Waals surface area contributed by atoms with Gasteiger partial charge >= 0.3 is 0 Å². The van der Waals surface area contributed by atoms with Crippen LogP contribution in [0.3, 0.4) is 0 Å². The highest BCUT2D eigenvalue weighted by molar-refractivity contribution is 5.27. The summed E-state index contributed by atoms with van der Waals surface area (Å²) in [6.45, 7) is 3.54. The Bertz CT molecular complexity index is 477. The zero-order chi connectivity index (χ0) is 12.1. The van der Waals surface area contributed by atoms with Gasteiger partial charge in [-0.1, -0.05) is 24.3 Å². The van der Waals surface area contributed by atoms with E-state index in [0.717, 1.165) is 25.2 Å². The lowest BCUT2D eigenvalue weighted by Crippen LogP contribution is -2.11. The summed E-state index contributed by atoms with van der Waals surface area (Å²) in [4.78, 5) is 0. The second-order valence-electron chi connectivity index (χ2n) is 4.06. The van der Waals surface area contributed by atoms with Crippen molar-refractivity contribution in [3.63, 3.8) is 0 Å². The minimum Gasteiger partial charge on any atom is -0.330 e. The van der Waals surface area contributed by atoms with Crippen LogP contribution in [0.1, 0.15) is 23.4 Å². The quantitative estimate of drug-likeness (QED) is 0.830. The van der Waals surface area contributed by atoms with Gasteiger partial charge < -0.3 is 5.73 Å². The van der Waals surface area contributed by atoms with Gasteiger partial charge in [0.1, 0.15) is 0 Å². The lowest BCUT2D eigenvalue weighted by Gasteiger charge is -2.06. The van der Waals surface area contributed by atoms with Crippen LogP contribution in [-0.2, 0) is 13.0 Å². The second kappa shape index (κ2) is 5.54. The molecule has 0 saturated heterocycles. The van der Waals surface area contributed by atoms with E-state index >= 15 is 0 Å². The molecule has 1 aromatic carbocycles. The van der Waals surface area contributed by atoms with Gasteiger partial charge in [0.25, 0.3) is 0 Å². The zero-order valence-corrected chi connectivity index (χ0v) is 10.0. The Hall–Kier alpha value is -1.75. The van der Waals surface area contributed by atoms with Gasteiger partial charge in [-0.2, -0.15) is 0 Å². The van der Waals surface area contributed by atoms with Crippen molar-refractivity contribution in [2.24, 2.45) is 5.73 Å². The molecule has 0 bridgehead atoms. The summed E-state index contributed by atoms with van der Waals surface area (Å²) in [6, 6.07) is 8.28. The first-order valence-electron chi connectivity index (χ1n) is 5.81. The van der Waals surface area contributed by atoms with Crippen molar-refractivity contribution in [1.29, 1.82) is 0 Å². The first-order valence-corrected chi connectivity index (χ1v) is 5.81. The minimum atomic E-state index is 0.656. The molecule has 0 unspecified atom stereocenters. The Morgan fingerprint density at radius 3 is 2.88 bits per heavy atom. The van der Waals surface area contributed by atoms with Crippen molar-refractivity contribution in [3.8, 4) is 0 Å². The maximum absolute atomic E-state index is 5.49. The van der Waals surface area contributed by atoms with E-state index in [2.05, 4.69) is 34.6 Å². The highest BCUT2D eigenvalue weighted by Crippen LogP contribution is 2.11. The van der Waals surface area contributed by atoms with Crippen LogP contribution in [0.25, 0.3) is 0 Å². The smallest absolute Gasteiger partial charge is 0.155 e. The molecule has 1 aromatic heterocycles. The fraction of sp³-hybridized carbons (Fsp3) is 0.417. The monoisotopic (exact) mass is 231 g/mol. The first kappa shape index (κ1) is 11.7. The van der Waals surface area contributed by atoms with E-state index in [4.69, 9.17) is 5.73 Å². The van der Waals surface area contributed by atoms with E-state index in [1.54, 1.807) is 0 Å². The second-order valence-corrected chi connectivity index (χ2v) is 4.06. The molecule has 0 fully saturated rings. The molecule has 0 saturated carbocycles. The molecule has 2 rings (SSSR count). The van der Waals surface area contributed by atoms with Crippen molar-refractivity contribution in [2.75, 3.05) is 6.54 Å². The number of nitrogens with zero attached hydrogens (tertiary/aromatic N) is 4. The number of hydrogen-bond donors (Lipinski definition) is 1. The van der Waals surface area contributed by atoms with Crippen LogP contribution in [0.5, 0.6) is 0 Å². The van der Waals surface area contributed by atoms with Crippen LogP contribution in [0.2, 0.25) is 0 Å². The molecule has 0 aliphatic carbocycles. The maximum Gasteiger partial charge on any atom is 0.155 e. The topological polar surface area (TPSA) is 69.6 Å². The predicted octanol–water partition coefficient (Wildman–Crippen LogP) is 0.921. The van der Waals surface area contributed by atoms with Crippen LogP contribution in [-0.4, -0.2) is 26.8 Å². The molecule has 0 aliphatic heterocycles. The van der Waals surface area contributed by atoms with Crippen molar-refractivity contribution in [3.05, 3.63) is 41.2 Å². The van der Waals surface area contributed by atoms with Crippen LogP contribution in [0.15, 0.2) is 24.3 Å². The molecule has 0 radical (unpaired) electrons. The van der Waals surface area contributed by atoms with Gasteiger partial charge in [-0.05, 0) is 41.4 Å². The van der Waals surface area contributed by atoms with Gasteiger partial charge in [-0.3, -0.25) is 0 Å². The van der Waals surface area contributed by atoms with Gasteiger partial charge in [0.05, 0.1) is 0 Å². The minimum absolute atomic E-state index is 0.656. The number of aromatic nitrogens is 4. The SMILES string of the molecule is Cc1ccccc1Cc1nnnn1CCCN. The van der Waals surface area contributed by atoms with E-state index in [1.807, 2.05) is 16.8 Å². The van der Waals surface area contributed by atoms with E-state index in [0.29, 0.717) is 6.54 Å². The molecule has 0 spiro atoms. The highest BCUT2D eigenvalue weighted by Gasteiger charge is 2.07. The Morgan fingerprint density at radius 2 is 2.12 bits per heavy atom. The summed E-state index contributed by atoms with van der Waals surface area (Å²) in [7, 11) is 0. The summed E-state index contributed by atoms with van der Waals surface area (Å²) in [5, 5.41) is 11.8. The van der Waals surface area contributed by atoms with Gasteiger partial charge in [-0.25, -0.2) is 4.68 Å². The molecule has 17 heavy (non-hydrogen) atoms. The summed E-state index contributed by atoms with van der Waals surface area (Å²) in [5.41, 5.74) is 8.02. The van der Waals surface area contributed by atoms with E-state index < -0.39 is 0 Å².